The highest BCUT2D eigenvalue weighted by Crippen LogP contribution is 2.38. The number of amides is 1. The number of phosphoric ester groups is 1. The molecule has 8 nitrogen and oxygen atoms in total. The summed E-state index contributed by atoms with van der Waals surface area (Å²) in [5.74, 6) is -0.163. The Morgan fingerprint density at radius 1 is 0.608 bits per heavy atom. The molecule has 0 spiro atoms. The maximum Gasteiger partial charge on any atom is 0.268 e. The van der Waals surface area contributed by atoms with Crippen LogP contribution in [-0.4, -0.2) is 68.5 Å². The van der Waals surface area contributed by atoms with Crippen molar-refractivity contribution < 1.29 is 32.9 Å². The van der Waals surface area contributed by atoms with Crippen LogP contribution in [0.2, 0.25) is 0 Å². The standard InChI is InChI=1S/C42H87N2O6P/c1-6-8-10-12-14-16-18-20-21-22-24-25-27-29-31-33-35-41(45)40(39-50-51(47,48)49-38-37-44(3,4)5)43-42(46)36-34-32-30-28-26-23-19-17-15-13-11-9-7-2/h40-41,45H,6-39H2,1-5H3,(H-,43,46,47,48). The van der Waals surface area contributed by atoms with E-state index in [0.717, 1.165) is 38.5 Å². The fourth-order valence-electron chi connectivity index (χ4n) is 6.57. The number of nitrogens with one attached hydrogen (secondary N) is 1. The fourth-order valence-corrected chi connectivity index (χ4v) is 7.29. The van der Waals surface area contributed by atoms with E-state index in [0.29, 0.717) is 23.9 Å². The highest BCUT2D eigenvalue weighted by molar-refractivity contribution is 7.45. The molecule has 0 bridgehead atoms. The molecule has 0 aromatic heterocycles. The average molecular weight is 747 g/mol. The van der Waals surface area contributed by atoms with Crippen LogP contribution in [-0.2, 0) is 18.4 Å². The summed E-state index contributed by atoms with van der Waals surface area (Å²) in [6.45, 7) is 4.73. The second kappa shape index (κ2) is 35.2. The summed E-state index contributed by atoms with van der Waals surface area (Å²) < 4.78 is 23.2. The Bertz CT molecular complexity index is 809. The fraction of sp³-hybridized carbons (Fsp3) is 0.976. The van der Waals surface area contributed by atoms with Gasteiger partial charge in [0.1, 0.15) is 13.2 Å². The monoisotopic (exact) mass is 747 g/mol. The highest BCUT2D eigenvalue weighted by Gasteiger charge is 2.24. The Balaban J connectivity index is 4.35. The van der Waals surface area contributed by atoms with Crippen molar-refractivity contribution in [2.24, 2.45) is 0 Å². The Morgan fingerprint density at radius 2 is 0.961 bits per heavy atom. The SMILES string of the molecule is CCCCCCCCCCCCCCCCCCC(O)C(COP(=O)([O-])OCC[N+](C)(C)C)NC(=O)CCCCCCCCCCCCCCC. The summed E-state index contributed by atoms with van der Waals surface area (Å²) in [7, 11) is 1.32. The second-order valence-electron chi connectivity index (χ2n) is 16.4. The van der Waals surface area contributed by atoms with Crippen molar-refractivity contribution in [2.45, 2.75) is 225 Å². The largest absolute Gasteiger partial charge is 0.756 e. The Morgan fingerprint density at radius 3 is 1.33 bits per heavy atom. The van der Waals surface area contributed by atoms with Gasteiger partial charge in [-0.1, -0.05) is 194 Å². The number of quaternary nitrogens is 1. The van der Waals surface area contributed by atoms with Gasteiger partial charge in [0.15, 0.2) is 0 Å². The summed E-state index contributed by atoms with van der Waals surface area (Å²) >= 11 is 0. The quantitative estimate of drug-likeness (QED) is 0.0367. The van der Waals surface area contributed by atoms with Crippen molar-refractivity contribution in [3.8, 4) is 0 Å². The van der Waals surface area contributed by atoms with Crippen molar-refractivity contribution in [1.82, 2.24) is 5.32 Å². The van der Waals surface area contributed by atoms with Gasteiger partial charge < -0.3 is 28.8 Å². The maximum atomic E-state index is 12.8. The molecular formula is C42H87N2O6P. The van der Waals surface area contributed by atoms with Crippen LogP contribution >= 0.6 is 7.82 Å². The molecular weight excluding hydrogens is 659 g/mol. The number of likely N-dealkylation sites (N-methyl/N-ethyl adjacent to an activating group) is 1. The summed E-state index contributed by atoms with van der Waals surface area (Å²) in [4.78, 5) is 25.3. The molecule has 0 saturated carbocycles. The van der Waals surface area contributed by atoms with E-state index in [-0.39, 0.29) is 19.1 Å². The van der Waals surface area contributed by atoms with Gasteiger partial charge in [0.25, 0.3) is 7.82 Å². The predicted octanol–water partition coefficient (Wildman–Crippen LogP) is 11.2. The highest BCUT2D eigenvalue weighted by atomic mass is 31.2. The number of unbranched alkanes of at least 4 members (excludes halogenated alkanes) is 27. The number of aliphatic hydroxyl groups is 1. The number of hydrogen-bond acceptors (Lipinski definition) is 6. The normalized spacial score (nSPS) is 14.4. The van der Waals surface area contributed by atoms with E-state index in [2.05, 4.69) is 19.2 Å². The third-order valence-corrected chi connectivity index (χ3v) is 11.1. The molecule has 9 heteroatoms. The van der Waals surface area contributed by atoms with Gasteiger partial charge in [-0.15, -0.1) is 0 Å². The van der Waals surface area contributed by atoms with Gasteiger partial charge in [0.05, 0.1) is 39.9 Å². The molecule has 2 N–H and O–H groups in total. The number of phosphoric acid groups is 1. The van der Waals surface area contributed by atoms with Gasteiger partial charge in [0.2, 0.25) is 5.91 Å². The van der Waals surface area contributed by atoms with Crippen LogP contribution in [0, 0.1) is 0 Å². The first-order valence-electron chi connectivity index (χ1n) is 21.9. The third kappa shape index (κ3) is 37.6. The van der Waals surface area contributed by atoms with Gasteiger partial charge in [-0.25, -0.2) is 0 Å². The van der Waals surface area contributed by atoms with E-state index in [1.165, 1.54) is 148 Å². The second-order valence-corrected chi connectivity index (χ2v) is 17.8. The Kier molecular flexibility index (Phi) is 34.9. The van der Waals surface area contributed by atoms with Crippen LogP contribution in [0.3, 0.4) is 0 Å². The average Bonchev–Trinajstić information content (AvgIpc) is 3.07. The molecule has 0 rings (SSSR count). The van der Waals surface area contributed by atoms with Crippen LogP contribution in [0.1, 0.15) is 213 Å². The topological polar surface area (TPSA) is 108 Å². The first-order valence-corrected chi connectivity index (χ1v) is 23.3. The molecule has 3 atom stereocenters. The van der Waals surface area contributed by atoms with E-state index in [1.807, 2.05) is 21.1 Å². The summed E-state index contributed by atoms with van der Waals surface area (Å²) in [5.41, 5.74) is 0. The number of rotatable bonds is 40. The zero-order valence-electron chi connectivity index (χ0n) is 34.6. The third-order valence-electron chi connectivity index (χ3n) is 10.1. The van der Waals surface area contributed by atoms with Gasteiger partial charge >= 0.3 is 0 Å². The molecule has 0 aromatic carbocycles. The lowest BCUT2D eigenvalue weighted by Crippen LogP contribution is -2.46. The van der Waals surface area contributed by atoms with Crippen molar-refractivity contribution in [3.05, 3.63) is 0 Å². The lowest BCUT2D eigenvalue weighted by molar-refractivity contribution is -0.870. The number of aliphatic hydroxyl groups excluding tert-OH is 1. The zero-order valence-corrected chi connectivity index (χ0v) is 35.5. The number of hydrogen-bond donors (Lipinski definition) is 2. The molecule has 0 aliphatic rings. The zero-order chi connectivity index (χ0) is 37.9. The first-order chi connectivity index (χ1) is 24.5. The van der Waals surface area contributed by atoms with Crippen molar-refractivity contribution >= 4 is 13.7 Å². The van der Waals surface area contributed by atoms with Gasteiger partial charge in [-0.05, 0) is 12.8 Å². The van der Waals surface area contributed by atoms with E-state index < -0.39 is 20.0 Å². The van der Waals surface area contributed by atoms with Crippen LogP contribution in [0.5, 0.6) is 0 Å². The lowest BCUT2D eigenvalue weighted by atomic mass is 10.0. The summed E-state index contributed by atoms with van der Waals surface area (Å²) in [6.07, 6.45) is 36.6. The number of carbonyl (C=O) groups excluding carboxylic acids is 1. The molecule has 3 unspecified atom stereocenters. The van der Waals surface area contributed by atoms with Crippen LogP contribution in [0.4, 0.5) is 0 Å². The van der Waals surface area contributed by atoms with Crippen LogP contribution < -0.4 is 10.2 Å². The molecule has 0 radical (unpaired) electrons. The lowest BCUT2D eigenvalue weighted by Gasteiger charge is -2.30. The maximum absolute atomic E-state index is 12.8. The Hall–Kier alpha value is -0.500. The minimum absolute atomic E-state index is 0.0160. The van der Waals surface area contributed by atoms with Crippen molar-refractivity contribution in [3.63, 3.8) is 0 Å². The van der Waals surface area contributed by atoms with Crippen LogP contribution in [0.15, 0.2) is 0 Å². The van der Waals surface area contributed by atoms with E-state index in [4.69, 9.17) is 9.05 Å². The molecule has 0 aliphatic heterocycles. The van der Waals surface area contributed by atoms with E-state index in [9.17, 15) is 19.4 Å². The van der Waals surface area contributed by atoms with Gasteiger partial charge in [-0.3, -0.25) is 9.36 Å². The molecule has 51 heavy (non-hydrogen) atoms. The molecule has 0 fully saturated rings. The number of carbonyl (C=O) groups is 1. The number of nitrogens with zero attached hydrogens (tertiary/aromatic N) is 1. The molecule has 306 valence electrons. The molecule has 1 amide bonds. The van der Waals surface area contributed by atoms with Gasteiger partial charge in [-0.2, -0.15) is 0 Å². The minimum atomic E-state index is -4.55. The molecule has 0 saturated heterocycles. The van der Waals surface area contributed by atoms with Gasteiger partial charge in [0, 0.05) is 6.42 Å². The first kappa shape index (κ1) is 50.5. The van der Waals surface area contributed by atoms with E-state index in [1.54, 1.807) is 0 Å². The summed E-state index contributed by atoms with van der Waals surface area (Å²) in [6, 6.07) is -0.792. The molecule has 0 aromatic rings. The predicted molar refractivity (Wildman–Crippen MR) is 215 cm³/mol. The van der Waals surface area contributed by atoms with E-state index >= 15 is 0 Å². The van der Waals surface area contributed by atoms with Crippen molar-refractivity contribution in [2.75, 3.05) is 40.9 Å². The Labute approximate surface area is 317 Å². The molecule has 0 heterocycles. The summed E-state index contributed by atoms with van der Waals surface area (Å²) in [5, 5.41) is 13.9. The van der Waals surface area contributed by atoms with Crippen molar-refractivity contribution in [1.29, 1.82) is 0 Å². The smallest absolute Gasteiger partial charge is 0.268 e. The minimum Gasteiger partial charge on any atom is -0.756 e. The molecule has 0 aliphatic carbocycles. The van der Waals surface area contributed by atoms with Crippen LogP contribution in [0.25, 0.3) is 0 Å².